The van der Waals surface area contributed by atoms with Gasteiger partial charge in [0.2, 0.25) is 0 Å². The summed E-state index contributed by atoms with van der Waals surface area (Å²) in [7, 11) is 0. The zero-order valence-corrected chi connectivity index (χ0v) is 14.1. The second-order valence-corrected chi connectivity index (χ2v) is 5.93. The number of nitrogens with two attached hydrogens (primary N) is 1. The molecule has 0 fully saturated rings. The van der Waals surface area contributed by atoms with E-state index in [9.17, 15) is 0 Å². The van der Waals surface area contributed by atoms with E-state index in [1.54, 1.807) is 0 Å². The fourth-order valence-electron chi connectivity index (χ4n) is 2.29. The Balaban J connectivity index is 2.07. The molecule has 0 aliphatic carbocycles. The summed E-state index contributed by atoms with van der Waals surface area (Å²) in [6.45, 7) is 4.69. The van der Waals surface area contributed by atoms with Gasteiger partial charge < -0.3 is 5.73 Å². The van der Waals surface area contributed by atoms with Crippen molar-refractivity contribution >= 4 is 32.9 Å². The van der Waals surface area contributed by atoms with Crippen LogP contribution in [0.4, 0.5) is 5.82 Å². The molecule has 0 aromatic carbocycles. The van der Waals surface area contributed by atoms with Crippen LogP contribution in [0.15, 0.2) is 23.1 Å². The van der Waals surface area contributed by atoms with Gasteiger partial charge in [-0.05, 0) is 40.9 Å². The molecule has 0 saturated heterocycles. The molecule has 0 aliphatic heterocycles. The summed E-state index contributed by atoms with van der Waals surface area (Å²) in [4.78, 5) is 17.7. The molecule has 0 radical (unpaired) electrons. The van der Waals surface area contributed by atoms with Gasteiger partial charge in [-0.2, -0.15) is 0 Å². The van der Waals surface area contributed by atoms with Crippen molar-refractivity contribution in [2.75, 3.05) is 5.73 Å². The second-order valence-electron chi connectivity index (χ2n) is 5.22. The summed E-state index contributed by atoms with van der Waals surface area (Å²) >= 11 is 3.49. The first kappa shape index (κ1) is 14.9. The number of fused-ring (bicyclic) bond motifs is 1. The van der Waals surface area contributed by atoms with Crippen molar-refractivity contribution in [3.05, 3.63) is 40.1 Å². The van der Waals surface area contributed by atoms with Crippen molar-refractivity contribution < 1.29 is 0 Å². The lowest BCUT2D eigenvalue weighted by atomic mass is 10.2. The average molecular weight is 361 g/mol. The third-order valence-corrected chi connectivity index (χ3v) is 4.01. The van der Waals surface area contributed by atoms with Crippen LogP contribution >= 0.6 is 15.9 Å². The lowest BCUT2D eigenvalue weighted by Crippen LogP contribution is -2.05. The van der Waals surface area contributed by atoms with E-state index >= 15 is 0 Å². The maximum atomic E-state index is 6.02. The fraction of sp³-hybridized carbons (Fsp3) is 0.333. The zero-order chi connectivity index (χ0) is 15.7. The number of anilines is 1. The predicted octanol–water partition coefficient (Wildman–Crippen LogP) is 2.88. The number of rotatable bonds is 4. The number of halogens is 1. The van der Waals surface area contributed by atoms with E-state index in [1.165, 1.54) is 0 Å². The van der Waals surface area contributed by atoms with E-state index in [1.807, 2.05) is 23.8 Å². The number of nitrogen functional groups attached to an aromatic ring is 1. The Morgan fingerprint density at radius 2 is 2.05 bits per heavy atom. The molecule has 7 heteroatoms. The lowest BCUT2D eigenvalue weighted by molar-refractivity contribution is 0.774. The van der Waals surface area contributed by atoms with Crippen molar-refractivity contribution in [3.8, 4) is 0 Å². The standard InChI is InChI=1S/C15H17BrN6/c1-3-4-11-19-13(17)12-14(20-11)22(15(16)21-12)8-10-6-5-9(2)18-7-10/h5-7H,3-4,8H2,1-2H3,(H2,17,19,20). The van der Waals surface area contributed by atoms with E-state index in [0.717, 1.165) is 35.6 Å². The molecule has 22 heavy (non-hydrogen) atoms. The molecule has 3 aromatic rings. The van der Waals surface area contributed by atoms with Crippen molar-refractivity contribution in [2.24, 2.45) is 0 Å². The molecule has 6 nitrogen and oxygen atoms in total. The molecular formula is C15H17BrN6. The Kier molecular flexibility index (Phi) is 4.06. The summed E-state index contributed by atoms with van der Waals surface area (Å²) in [5.41, 5.74) is 9.49. The highest BCUT2D eigenvalue weighted by atomic mass is 79.9. The topological polar surface area (TPSA) is 82.5 Å². The van der Waals surface area contributed by atoms with Gasteiger partial charge in [0.15, 0.2) is 21.7 Å². The maximum absolute atomic E-state index is 6.02. The zero-order valence-electron chi connectivity index (χ0n) is 12.5. The monoisotopic (exact) mass is 360 g/mol. The van der Waals surface area contributed by atoms with E-state index in [4.69, 9.17) is 5.73 Å². The predicted molar refractivity (Wildman–Crippen MR) is 89.5 cm³/mol. The summed E-state index contributed by atoms with van der Waals surface area (Å²) in [5.74, 6) is 1.18. The second kappa shape index (κ2) is 6.00. The van der Waals surface area contributed by atoms with E-state index < -0.39 is 0 Å². The number of hydrogen-bond donors (Lipinski definition) is 1. The molecule has 3 heterocycles. The van der Waals surface area contributed by atoms with Crippen molar-refractivity contribution in [3.63, 3.8) is 0 Å². The van der Waals surface area contributed by atoms with Crippen LogP contribution < -0.4 is 5.73 Å². The van der Waals surface area contributed by atoms with Crippen molar-refractivity contribution in [1.29, 1.82) is 0 Å². The Morgan fingerprint density at radius 3 is 2.73 bits per heavy atom. The quantitative estimate of drug-likeness (QED) is 0.723. The van der Waals surface area contributed by atoms with Crippen LogP contribution in [0.2, 0.25) is 0 Å². The molecule has 0 amide bonds. The van der Waals surface area contributed by atoms with E-state index in [2.05, 4.69) is 48.9 Å². The summed E-state index contributed by atoms with van der Waals surface area (Å²) in [5, 5.41) is 0. The van der Waals surface area contributed by atoms with Gasteiger partial charge in [0, 0.05) is 18.3 Å². The molecule has 0 bridgehead atoms. The van der Waals surface area contributed by atoms with E-state index in [-0.39, 0.29) is 0 Å². The fourth-order valence-corrected chi connectivity index (χ4v) is 2.76. The van der Waals surface area contributed by atoms with Crippen LogP contribution in [-0.4, -0.2) is 24.5 Å². The highest BCUT2D eigenvalue weighted by Gasteiger charge is 2.15. The Bertz CT molecular complexity index is 809. The average Bonchev–Trinajstić information content (AvgIpc) is 2.79. The summed E-state index contributed by atoms with van der Waals surface area (Å²) in [6, 6.07) is 4.05. The molecule has 2 N–H and O–H groups in total. The molecule has 0 aliphatic rings. The van der Waals surface area contributed by atoms with Crippen molar-refractivity contribution in [1.82, 2.24) is 24.5 Å². The summed E-state index contributed by atoms with van der Waals surface area (Å²) in [6.07, 6.45) is 3.64. The van der Waals surface area contributed by atoms with Gasteiger partial charge in [-0.3, -0.25) is 9.55 Å². The minimum absolute atomic E-state index is 0.426. The highest BCUT2D eigenvalue weighted by Crippen LogP contribution is 2.23. The Labute approximate surface area is 137 Å². The Morgan fingerprint density at radius 1 is 1.23 bits per heavy atom. The number of aromatic nitrogens is 5. The third-order valence-electron chi connectivity index (χ3n) is 3.41. The largest absolute Gasteiger partial charge is 0.382 e. The summed E-state index contributed by atoms with van der Waals surface area (Å²) < 4.78 is 2.68. The molecule has 0 atom stereocenters. The molecule has 3 rings (SSSR count). The van der Waals surface area contributed by atoms with Gasteiger partial charge in [0.1, 0.15) is 5.82 Å². The third kappa shape index (κ3) is 2.81. The molecular weight excluding hydrogens is 344 g/mol. The van der Waals surface area contributed by atoms with Gasteiger partial charge in [-0.25, -0.2) is 15.0 Å². The SMILES string of the molecule is CCCc1nc(N)c2nc(Br)n(Cc3ccc(C)nc3)c2n1. The first-order valence-electron chi connectivity index (χ1n) is 7.18. The Hall–Kier alpha value is -2.02. The van der Waals surface area contributed by atoms with E-state index in [0.29, 0.717) is 22.6 Å². The smallest absolute Gasteiger partial charge is 0.179 e. The molecule has 0 spiro atoms. The molecule has 0 unspecified atom stereocenters. The van der Waals surface area contributed by atoms with Crippen LogP contribution in [0.1, 0.15) is 30.4 Å². The minimum Gasteiger partial charge on any atom is -0.382 e. The van der Waals surface area contributed by atoms with Gasteiger partial charge >= 0.3 is 0 Å². The minimum atomic E-state index is 0.426. The van der Waals surface area contributed by atoms with Gasteiger partial charge in [0.25, 0.3) is 0 Å². The van der Waals surface area contributed by atoms with Crippen LogP contribution in [0.25, 0.3) is 11.2 Å². The molecule has 0 saturated carbocycles. The molecule has 3 aromatic heterocycles. The first-order chi connectivity index (χ1) is 10.6. The van der Waals surface area contributed by atoms with Crippen LogP contribution in [0.5, 0.6) is 0 Å². The number of nitrogens with zero attached hydrogens (tertiary/aromatic N) is 5. The molecule has 114 valence electrons. The van der Waals surface area contributed by atoms with Gasteiger partial charge in [0.05, 0.1) is 6.54 Å². The van der Waals surface area contributed by atoms with Crippen LogP contribution in [0, 0.1) is 6.92 Å². The number of hydrogen-bond acceptors (Lipinski definition) is 5. The van der Waals surface area contributed by atoms with Gasteiger partial charge in [-0.1, -0.05) is 13.0 Å². The van der Waals surface area contributed by atoms with Crippen molar-refractivity contribution in [2.45, 2.75) is 33.2 Å². The maximum Gasteiger partial charge on any atom is 0.179 e. The lowest BCUT2D eigenvalue weighted by Gasteiger charge is -2.07. The number of imidazole rings is 1. The van der Waals surface area contributed by atoms with Crippen LogP contribution in [-0.2, 0) is 13.0 Å². The first-order valence-corrected chi connectivity index (χ1v) is 7.97. The number of aryl methyl sites for hydroxylation is 2. The van der Waals surface area contributed by atoms with Crippen LogP contribution in [0.3, 0.4) is 0 Å². The normalized spacial score (nSPS) is 11.2. The highest BCUT2D eigenvalue weighted by molar-refractivity contribution is 9.10. The van der Waals surface area contributed by atoms with Gasteiger partial charge in [-0.15, -0.1) is 0 Å². The number of pyridine rings is 1.